The summed E-state index contributed by atoms with van der Waals surface area (Å²) in [5.74, 6) is 0. The number of nitrogens with zero attached hydrogens (tertiary/aromatic N) is 2. The highest BCUT2D eigenvalue weighted by Gasteiger charge is 2.44. The predicted octanol–water partition coefficient (Wildman–Crippen LogP) is 5.44. The second kappa shape index (κ2) is 6.09. The van der Waals surface area contributed by atoms with E-state index in [0.29, 0.717) is 6.04 Å². The maximum absolute atomic E-state index is 2.46. The topological polar surface area (TPSA) is 6.25 Å². The molecule has 0 aliphatic carbocycles. The number of hydrogen-bond acceptors (Lipinski definition) is 1. The summed E-state index contributed by atoms with van der Waals surface area (Å²) in [6.45, 7) is 9.41. The molecule has 0 spiro atoms. The minimum atomic E-state index is 0.0436. The summed E-state index contributed by atoms with van der Waals surface area (Å²) in [6.07, 6.45) is 5.78. The average Bonchev–Trinajstić information content (AvgIpc) is 2.96. The van der Waals surface area contributed by atoms with Gasteiger partial charge in [-0.3, -0.25) is 0 Å². The van der Waals surface area contributed by atoms with Crippen LogP contribution < -0.4 is 4.90 Å². The van der Waals surface area contributed by atoms with Gasteiger partial charge >= 0.3 is 0 Å². The lowest BCUT2D eigenvalue weighted by molar-refractivity contribution is -0.401. The van der Waals surface area contributed by atoms with Gasteiger partial charge in [-0.05, 0) is 31.9 Å². The Morgan fingerprint density at radius 1 is 0.963 bits per heavy atom. The van der Waals surface area contributed by atoms with E-state index >= 15 is 0 Å². The van der Waals surface area contributed by atoms with Crippen LogP contribution in [0.15, 0.2) is 60.7 Å². The van der Waals surface area contributed by atoms with Crippen molar-refractivity contribution in [2.45, 2.75) is 51.0 Å². The number of rotatable bonds is 3. The average molecular weight is 360 g/mol. The number of allylic oxidation sites excluding steroid dienone is 1. The van der Waals surface area contributed by atoms with Crippen molar-refractivity contribution in [2.75, 3.05) is 19.0 Å². The quantitative estimate of drug-likeness (QED) is 0.662. The first-order valence-electron chi connectivity index (χ1n) is 9.96. The third-order valence-corrected chi connectivity index (χ3v) is 6.85. The summed E-state index contributed by atoms with van der Waals surface area (Å²) in [5, 5.41) is 0. The van der Waals surface area contributed by atoms with Crippen molar-refractivity contribution in [3.63, 3.8) is 0 Å². The van der Waals surface area contributed by atoms with E-state index in [9.17, 15) is 0 Å². The van der Waals surface area contributed by atoms with E-state index in [1.807, 2.05) is 0 Å². The molecule has 0 bridgehead atoms. The molecule has 0 radical (unpaired) electrons. The lowest BCUT2D eigenvalue weighted by atomic mass is 9.78. The molecule has 4 rings (SSSR count). The Morgan fingerprint density at radius 3 is 2.26 bits per heavy atom. The summed E-state index contributed by atoms with van der Waals surface area (Å²) in [7, 11) is 4.43. The largest absolute Gasteiger partial charge is 0.370 e. The highest BCUT2D eigenvalue weighted by Crippen LogP contribution is 2.45. The Bertz CT molecular complexity index is 946. The van der Waals surface area contributed by atoms with Crippen LogP contribution in [0.5, 0.6) is 0 Å². The van der Waals surface area contributed by atoms with Crippen LogP contribution in [0.2, 0.25) is 0 Å². The van der Waals surface area contributed by atoms with Gasteiger partial charge in [-0.2, -0.15) is 4.58 Å². The third-order valence-electron chi connectivity index (χ3n) is 6.85. The zero-order valence-corrected chi connectivity index (χ0v) is 17.5. The summed E-state index contributed by atoms with van der Waals surface area (Å²) in [6, 6.07) is 18.1. The van der Waals surface area contributed by atoms with Crippen molar-refractivity contribution in [1.29, 1.82) is 0 Å². The zero-order valence-electron chi connectivity index (χ0n) is 17.5. The van der Waals surface area contributed by atoms with Crippen LogP contribution in [0.25, 0.3) is 0 Å². The van der Waals surface area contributed by atoms with Crippen LogP contribution in [-0.4, -0.2) is 30.4 Å². The van der Waals surface area contributed by atoms with E-state index in [4.69, 9.17) is 0 Å². The van der Waals surface area contributed by atoms with Crippen LogP contribution in [0, 0.1) is 0 Å². The number of fused-ring (bicyclic) bond motifs is 2. The Balaban J connectivity index is 1.60. The fourth-order valence-corrected chi connectivity index (χ4v) is 5.22. The van der Waals surface area contributed by atoms with Crippen LogP contribution in [-0.2, 0) is 10.8 Å². The van der Waals surface area contributed by atoms with Crippen LogP contribution >= 0.6 is 0 Å². The summed E-state index contributed by atoms with van der Waals surface area (Å²) < 4.78 is 2.35. The van der Waals surface area contributed by atoms with Gasteiger partial charge in [0.2, 0.25) is 5.69 Å². The molecule has 2 aliphatic rings. The molecule has 2 heterocycles. The maximum Gasteiger partial charge on any atom is 0.209 e. The van der Waals surface area contributed by atoms with Gasteiger partial charge in [-0.1, -0.05) is 56.3 Å². The van der Waals surface area contributed by atoms with Gasteiger partial charge in [0.1, 0.15) is 7.05 Å². The minimum absolute atomic E-state index is 0.0436. The second-order valence-corrected chi connectivity index (χ2v) is 9.09. The van der Waals surface area contributed by atoms with Gasteiger partial charge in [-0.25, -0.2) is 0 Å². The smallest absolute Gasteiger partial charge is 0.209 e. The van der Waals surface area contributed by atoms with Crippen LogP contribution in [0.1, 0.15) is 45.2 Å². The summed E-state index contributed by atoms with van der Waals surface area (Å²) in [5.41, 5.74) is 7.15. The fraction of sp³-hybridized carbons (Fsp3) is 0.400. The molecule has 2 aliphatic heterocycles. The van der Waals surface area contributed by atoms with Gasteiger partial charge < -0.3 is 4.90 Å². The van der Waals surface area contributed by atoms with Gasteiger partial charge in [0.05, 0.1) is 5.41 Å². The minimum Gasteiger partial charge on any atom is -0.370 e. The number of para-hydroxylation sites is 2. The SMILES string of the molecule is CN1c2ccccc2C(C)(C)C1CC=CC1=[N+](C)c2ccccc2C1(C)C. The lowest BCUT2D eigenvalue weighted by Gasteiger charge is -2.31. The van der Waals surface area contributed by atoms with Crippen molar-refractivity contribution in [3.05, 3.63) is 71.8 Å². The van der Waals surface area contributed by atoms with E-state index in [2.05, 4.69) is 112 Å². The summed E-state index contributed by atoms with van der Waals surface area (Å²) in [4.78, 5) is 2.46. The lowest BCUT2D eigenvalue weighted by Crippen LogP contribution is -2.39. The molecule has 0 saturated carbocycles. The van der Waals surface area contributed by atoms with E-state index in [1.165, 1.54) is 28.2 Å². The first-order chi connectivity index (χ1) is 12.8. The molecule has 0 saturated heterocycles. The summed E-state index contributed by atoms with van der Waals surface area (Å²) >= 11 is 0. The highest BCUT2D eigenvalue weighted by atomic mass is 15.2. The van der Waals surface area contributed by atoms with Crippen molar-refractivity contribution >= 4 is 17.1 Å². The molecule has 27 heavy (non-hydrogen) atoms. The second-order valence-electron chi connectivity index (χ2n) is 9.09. The number of likely N-dealkylation sites (N-methyl/N-ethyl adjacent to an activating group) is 1. The molecule has 140 valence electrons. The first kappa shape index (κ1) is 18.0. The van der Waals surface area contributed by atoms with E-state index in [1.54, 1.807) is 0 Å². The Kier molecular flexibility index (Phi) is 4.06. The van der Waals surface area contributed by atoms with Crippen molar-refractivity contribution < 1.29 is 4.58 Å². The molecule has 2 heteroatoms. The molecule has 0 aromatic heterocycles. The zero-order chi connectivity index (χ0) is 19.4. The van der Waals surface area contributed by atoms with E-state index in [-0.39, 0.29) is 10.8 Å². The van der Waals surface area contributed by atoms with Crippen molar-refractivity contribution in [3.8, 4) is 0 Å². The Hall–Kier alpha value is -2.35. The molecule has 2 nitrogen and oxygen atoms in total. The van der Waals surface area contributed by atoms with Crippen molar-refractivity contribution in [1.82, 2.24) is 0 Å². The molecule has 0 fully saturated rings. The molecule has 1 unspecified atom stereocenters. The van der Waals surface area contributed by atoms with Crippen LogP contribution in [0.4, 0.5) is 11.4 Å². The van der Waals surface area contributed by atoms with E-state index in [0.717, 1.165) is 6.42 Å². The molecular weight excluding hydrogens is 328 g/mol. The van der Waals surface area contributed by atoms with E-state index < -0.39 is 0 Å². The van der Waals surface area contributed by atoms with Gasteiger partial charge in [-0.15, -0.1) is 0 Å². The molecule has 2 aromatic rings. The first-order valence-corrected chi connectivity index (χ1v) is 9.96. The maximum atomic E-state index is 2.46. The molecule has 0 amide bonds. The van der Waals surface area contributed by atoms with Crippen molar-refractivity contribution in [2.24, 2.45) is 0 Å². The monoisotopic (exact) mass is 359 g/mol. The number of hydrogen-bond donors (Lipinski definition) is 0. The molecule has 1 atom stereocenters. The van der Waals surface area contributed by atoms with Gasteiger partial charge in [0.25, 0.3) is 0 Å². The number of anilines is 1. The van der Waals surface area contributed by atoms with Crippen LogP contribution in [0.3, 0.4) is 0 Å². The molecule has 2 aromatic carbocycles. The molecule has 0 N–H and O–H groups in total. The van der Waals surface area contributed by atoms with Gasteiger partial charge in [0.15, 0.2) is 5.71 Å². The Morgan fingerprint density at radius 2 is 1.59 bits per heavy atom. The fourth-order valence-electron chi connectivity index (χ4n) is 5.22. The Labute approximate surface area is 163 Å². The highest BCUT2D eigenvalue weighted by molar-refractivity contribution is 6.02. The predicted molar refractivity (Wildman–Crippen MR) is 116 cm³/mol. The molecular formula is C25H31N2+. The third kappa shape index (κ3) is 2.57. The normalized spacial score (nSPS) is 22.4. The van der Waals surface area contributed by atoms with Gasteiger partial charge in [0, 0.05) is 41.9 Å². The standard InChI is InChI=1S/C25H31N2/c1-24(2)18-12-7-9-14-20(18)26(5)22(24)16-11-17-23-25(3,4)19-13-8-10-15-21(19)27(23)6/h7-16,23H,17H2,1-6H3/q+1. The number of benzene rings is 2.